The molecular weight excluding hydrogens is 216 g/mol. The molecule has 0 unspecified atom stereocenters. The van der Waals surface area contributed by atoms with Gasteiger partial charge in [-0.1, -0.05) is 6.42 Å². The predicted molar refractivity (Wildman–Crippen MR) is 66.9 cm³/mol. The van der Waals surface area contributed by atoms with Gasteiger partial charge in [0.05, 0.1) is 0 Å². The molecule has 1 atom stereocenters. The second kappa shape index (κ2) is 4.84. The zero-order valence-corrected chi connectivity index (χ0v) is 11.2. The molecule has 4 heteroatoms. The minimum atomic E-state index is -0.395. The Kier molecular flexibility index (Phi) is 3.61. The maximum atomic E-state index is 12.0. The van der Waals surface area contributed by atoms with Crippen molar-refractivity contribution in [2.45, 2.75) is 51.7 Å². The first-order valence-corrected chi connectivity index (χ1v) is 6.67. The second-order valence-electron chi connectivity index (χ2n) is 6.18. The molecule has 2 aliphatic rings. The Bertz CT molecular complexity index is 282. The highest BCUT2D eigenvalue weighted by Gasteiger charge is 2.33. The lowest BCUT2D eigenvalue weighted by Gasteiger charge is -2.41. The first kappa shape index (κ1) is 12.7. The number of piperazine rings is 1. The molecule has 2 rings (SSSR count). The SMILES string of the molecule is CC(C)(C)OC(=O)N1CCN[C@H](C2CCC2)C1. The highest BCUT2D eigenvalue weighted by atomic mass is 16.6. The van der Waals surface area contributed by atoms with Crippen LogP contribution in [0.1, 0.15) is 40.0 Å². The molecular formula is C13H24N2O2. The second-order valence-corrected chi connectivity index (χ2v) is 6.18. The third-order valence-corrected chi connectivity index (χ3v) is 3.58. The van der Waals surface area contributed by atoms with Crippen molar-refractivity contribution in [3.63, 3.8) is 0 Å². The molecule has 17 heavy (non-hydrogen) atoms. The Labute approximate surface area is 104 Å². The summed E-state index contributed by atoms with van der Waals surface area (Å²) in [6.07, 6.45) is 3.79. The van der Waals surface area contributed by atoms with Crippen LogP contribution in [-0.4, -0.2) is 42.3 Å². The van der Waals surface area contributed by atoms with Crippen molar-refractivity contribution in [1.29, 1.82) is 0 Å². The molecule has 2 fully saturated rings. The molecule has 1 heterocycles. The molecule has 0 aromatic rings. The zero-order valence-electron chi connectivity index (χ0n) is 11.2. The predicted octanol–water partition coefficient (Wildman–Crippen LogP) is 2.00. The highest BCUT2D eigenvalue weighted by molar-refractivity contribution is 5.68. The fourth-order valence-electron chi connectivity index (χ4n) is 2.43. The lowest BCUT2D eigenvalue weighted by Crippen LogP contribution is -2.57. The third kappa shape index (κ3) is 3.35. The van der Waals surface area contributed by atoms with E-state index in [-0.39, 0.29) is 6.09 Å². The number of rotatable bonds is 1. The van der Waals surface area contributed by atoms with Gasteiger partial charge in [0.15, 0.2) is 0 Å². The first-order chi connectivity index (χ1) is 7.96. The van der Waals surface area contributed by atoms with E-state index in [0.29, 0.717) is 6.04 Å². The molecule has 1 aliphatic carbocycles. The van der Waals surface area contributed by atoms with Gasteiger partial charge in [-0.2, -0.15) is 0 Å². The molecule has 1 N–H and O–H groups in total. The normalized spacial score (nSPS) is 26.5. The molecule has 0 bridgehead atoms. The Morgan fingerprint density at radius 2 is 2.06 bits per heavy atom. The summed E-state index contributed by atoms with van der Waals surface area (Å²) in [6, 6.07) is 0.477. The van der Waals surface area contributed by atoms with E-state index in [2.05, 4.69) is 5.32 Å². The maximum Gasteiger partial charge on any atom is 0.410 e. The average Bonchev–Trinajstić information content (AvgIpc) is 2.12. The summed E-state index contributed by atoms with van der Waals surface area (Å²) >= 11 is 0. The third-order valence-electron chi connectivity index (χ3n) is 3.58. The Morgan fingerprint density at radius 1 is 1.35 bits per heavy atom. The topological polar surface area (TPSA) is 41.6 Å². The summed E-state index contributed by atoms with van der Waals surface area (Å²) in [4.78, 5) is 13.8. The molecule has 0 radical (unpaired) electrons. The minimum Gasteiger partial charge on any atom is -0.444 e. The lowest BCUT2D eigenvalue weighted by molar-refractivity contribution is 0.0149. The van der Waals surface area contributed by atoms with Gasteiger partial charge in [0.25, 0.3) is 0 Å². The van der Waals surface area contributed by atoms with E-state index < -0.39 is 5.60 Å². The van der Waals surface area contributed by atoms with Crippen molar-refractivity contribution in [1.82, 2.24) is 10.2 Å². The van der Waals surface area contributed by atoms with Gasteiger partial charge in [0, 0.05) is 25.7 Å². The van der Waals surface area contributed by atoms with Crippen molar-refractivity contribution in [2.24, 2.45) is 5.92 Å². The number of amides is 1. The van der Waals surface area contributed by atoms with Gasteiger partial charge in [0.2, 0.25) is 0 Å². The molecule has 0 spiro atoms. The van der Waals surface area contributed by atoms with E-state index in [0.717, 1.165) is 25.6 Å². The average molecular weight is 240 g/mol. The van der Waals surface area contributed by atoms with Gasteiger partial charge in [-0.15, -0.1) is 0 Å². The number of nitrogens with zero attached hydrogens (tertiary/aromatic N) is 1. The van der Waals surface area contributed by atoms with Crippen molar-refractivity contribution in [3.8, 4) is 0 Å². The van der Waals surface area contributed by atoms with Gasteiger partial charge >= 0.3 is 6.09 Å². The molecule has 1 aliphatic heterocycles. The summed E-state index contributed by atoms with van der Waals surface area (Å²) in [5.41, 5.74) is -0.395. The fraction of sp³-hybridized carbons (Fsp3) is 0.923. The number of carbonyl (C=O) groups excluding carboxylic acids is 1. The maximum absolute atomic E-state index is 12.0. The van der Waals surface area contributed by atoms with Crippen LogP contribution in [0.25, 0.3) is 0 Å². The van der Waals surface area contributed by atoms with Crippen molar-refractivity contribution < 1.29 is 9.53 Å². The zero-order chi connectivity index (χ0) is 12.5. The first-order valence-electron chi connectivity index (χ1n) is 6.67. The number of hydrogen-bond donors (Lipinski definition) is 1. The van der Waals surface area contributed by atoms with Gasteiger partial charge in [-0.25, -0.2) is 4.79 Å². The van der Waals surface area contributed by atoms with E-state index in [1.165, 1.54) is 19.3 Å². The highest BCUT2D eigenvalue weighted by Crippen LogP contribution is 2.30. The van der Waals surface area contributed by atoms with Crippen LogP contribution < -0.4 is 5.32 Å². The van der Waals surface area contributed by atoms with Crippen LogP contribution in [0.4, 0.5) is 4.79 Å². The van der Waals surface area contributed by atoms with Gasteiger partial charge < -0.3 is 15.0 Å². The van der Waals surface area contributed by atoms with Crippen LogP contribution in [0.2, 0.25) is 0 Å². The summed E-state index contributed by atoms with van der Waals surface area (Å²) < 4.78 is 5.42. The Morgan fingerprint density at radius 3 is 2.59 bits per heavy atom. The molecule has 1 saturated heterocycles. The monoisotopic (exact) mass is 240 g/mol. The van der Waals surface area contributed by atoms with E-state index in [4.69, 9.17) is 4.74 Å². The summed E-state index contributed by atoms with van der Waals surface area (Å²) in [6.45, 7) is 8.20. The van der Waals surface area contributed by atoms with Crippen LogP contribution in [0.5, 0.6) is 0 Å². The molecule has 98 valence electrons. The molecule has 1 saturated carbocycles. The van der Waals surface area contributed by atoms with Crippen LogP contribution in [0.15, 0.2) is 0 Å². The number of hydrogen-bond acceptors (Lipinski definition) is 3. The quantitative estimate of drug-likeness (QED) is 0.762. The van der Waals surface area contributed by atoms with Crippen molar-refractivity contribution in [3.05, 3.63) is 0 Å². The van der Waals surface area contributed by atoms with Crippen LogP contribution >= 0.6 is 0 Å². The summed E-state index contributed by atoms with van der Waals surface area (Å²) in [5.74, 6) is 0.764. The van der Waals surface area contributed by atoms with E-state index in [1.807, 2.05) is 25.7 Å². The standard InChI is InChI=1S/C13H24N2O2/c1-13(2,3)17-12(16)15-8-7-14-11(9-15)10-5-4-6-10/h10-11,14H,4-9H2,1-3H3/t11-/m0/s1. The summed E-state index contributed by atoms with van der Waals surface area (Å²) in [5, 5.41) is 3.52. The molecule has 1 amide bonds. The van der Waals surface area contributed by atoms with Crippen LogP contribution in [-0.2, 0) is 4.74 Å². The lowest BCUT2D eigenvalue weighted by atomic mass is 9.79. The van der Waals surface area contributed by atoms with E-state index in [9.17, 15) is 4.79 Å². The number of nitrogens with one attached hydrogen (secondary N) is 1. The molecule has 0 aromatic heterocycles. The minimum absolute atomic E-state index is 0.164. The number of carbonyl (C=O) groups is 1. The number of ether oxygens (including phenoxy) is 1. The Hall–Kier alpha value is -0.770. The van der Waals surface area contributed by atoms with Crippen molar-refractivity contribution in [2.75, 3.05) is 19.6 Å². The van der Waals surface area contributed by atoms with Gasteiger partial charge in [-0.05, 0) is 39.5 Å². The Balaban J connectivity index is 1.85. The van der Waals surface area contributed by atoms with Crippen LogP contribution in [0, 0.1) is 5.92 Å². The van der Waals surface area contributed by atoms with Crippen molar-refractivity contribution >= 4 is 6.09 Å². The largest absolute Gasteiger partial charge is 0.444 e. The fourth-order valence-corrected chi connectivity index (χ4v) is 2.43. The smallest absolute Gasteiger partial charge is 0.410 e. The van der Waals surface area contributed by atoms with Crippen LogP contribution in [0.3, 0.4) is 0 Å². The van der Waals surface area contributed by atoms with E-state index in [1.54, 1.807) is 0 Å². The van der Waals surface area contributed by atoms with E-state index >= 15 is 0 Å². The summed E-state index contributed by atoms with van der Waals surface area (Å²) in [7, 11) is 0. The van der Waals surface area contributed by atoms with Gasteiger partial charge in [0.1, 0.15) is 5.60 Å². The molecule has 4 nitrogen and oxygen atoms in total. The van der Waals surface area contributed by atoms with Gasteiger partial charge in [-0.3, -0.25) is 0 Å². The molecule has 0 aromatic carbocycles.